The number of aryl methyl sites for hydroxylation is 1. The number of hydrogen-bond donors (Lipinski definition) is 0. The molecule has 5 rings (SSSR count). The Morgan fingerprint density at radius 2 is 1.96 bits per heavy atom. The Hall–Kier alpha value is -1.89. The van der Waals surface area contributed by atoms with Crippen LogP contribution in [-0.4, -0.2) is 57.0 Å². The van der Waals surface area contributed by atoms with Crippen molar-refractivity contribution in [2.45, 2.75) is 44.7 Å². The van der Waals surface area contributed by atoms with Gasteiger partial charge in [0.25, 0.3) is 0 Å². The van der Waals surface area contributed by atoms with E-state index in [1.807, 2.05) is 19.2 Å². The van der Waals surface area contributed by atoms with Crippen molar-refractivity contribution in [3.8, 4) is 0 Å². The number of likely N-dealkylation sites (tertiary alicyclic amines) is 1. The molecule has 3 fully saturated rings. The van der Waals surface area contributed by atoms with E-state index in [0.29, 0.717) is 17.5 Å². The van der Waals surface area contributed by atoms with Gasteiger partial charge in [0.2, 0.25) is 0 Å². The lowest BCUT2D eigenvalue weighted by Gasteiger charge is -2.61. The summed E-state index contributed by atoms with van der Waals surface area (Å²) in [4.78, 5) is 9.25. The van der Waals surface area contributed by atoms with Crippen molar-refractivity contribution in [3.63, 3.8) is 0 Å². The molecule has 0 unspecified atom stereocenters. The van der Waals surface area contributed by atoms with Crippen molar-refractivity contribution in [3.05, 3.63) is 24.3 Å². The molecule has 0 atom stereocenters. The van der Waals surface area contributed by atoms with Gasteiger partial charge in [0.05, 0.1) is 6.04 Å². The number of hydrogen-bond acceptors (Lipinski definition) is 6. The minimum Gasteiger partial charge on any atom is -0.323 e. The van der Waals surface area contributed by atoms with Crippen LogP contribution in [-0.2, 0) is 0 Å². The van der Waals surface area contributed by atoms with Crippen LogP contribution in [0.25, 0.3) is 0 Å². The molecule has 0 aromatic carbocycles. The second kappa shape index (κ2) is 5.31. The van der Waals surface area contributed by atoms with Gasteiger partial charge in [0, 0.05) is 50.0 Å². The average molecular weight is 328 g/mol. The van der Waals surface area contributed by atoms with E-state index in [0.717, 1.165) is 25.0 Å². The van der Waals surface area contributed by atoms with Crippen molar-refractivity contribution in [1.82, 2.24) is 24.8 Å². The summed E-state index contributed by atoms with van der Waals surface area (Å²) in [5.41, 5.74) is 0.506. The SMILES string of the molecule is Cc1noc(N2CC3(CC(N4CCC(n5cccn5)CC4)C3)C2)n1. The monoisotopic (exact) mass is 328 g/mol. The van der Waals surface area contributed by atoms with Gasteiger partial charge in [-0.15, -0.1) is 0 Å². The van der Waals surface area contributed by atoms with E-state index in [2.05, 4.69) is 35.9 Å². The summed E-state index contributed by atoms with van der Waals surface area (Å²) in [5.74, 6) is 0.720. The Morgan fingerprint density at radius 3 is 2.58 bits per heavy atom. The topological polar surface area (TPSA) is 63.2 Å². The maximum absolute atomic E-state index is 5.27. The van der Waals surface area contributed by atoms with Crippen molar-refractivity contribution in [1.29, 1.82) is 0 Å². The average Bonchev–Trinajstić information content (AvgIpc) is 3.17. The van der Waals surface area contributed by atoms with Crippen LogP contribution in [0.15, 0.2) is 23.0 Å². The van der Waals surface area contributed by atoms with Crippen molar-refractivity contribution >= 4 is 6.01 Å². The van der Waals surface area contributed by atoms with Crippen LogP contribution in [0.3, 0.4) is 0 Å². The zero-order chi connectivity index (χ0) is 16.1. The third kappa shape index (κ3) is 2.33. The fraction of sp³-hybridized carbons (Fsp3) is 0.706. The van der Waals surface area contributed by atoms with E-state index in [9.17, 15) is 0 Å². The summed E-state index contributed by atoms with van der Waals surface area (Å²) in [5, 5.41) is 8.29. The van der Waals surface area contributed by atoms with Gasteiger partial charge in [-0.2, -0.15) is 10.1 Å². The van der Waals surface area contributed by atoms with E-state index in [1.165, 1.54) is 38.8 Å². The maximum Gasteiger partial charge on any atom is 0.324 e. The summed E-state index contributed by atoms with van der Waals surface area (Å²) in [6.45, 7) is 6.44. The lowest BCUT2D eigenvalue weighted by molar-refractivity contribution is -0.0337. The second-order valence-corrected chi connectivity index (χ2v) is 7.80. The van der Waals surface area contributed by atoms with Gasteiger partial charge in [-0.3, -0.25) is 4.68 Å². The molecule has 2 aromatic heterocycles. The highest BCUT2D eigenvalue weighted by Crippen LogP contribution is 2.51. The number of rotatable bonds is 3. The van der Waals surface area contributed by atoms with Gasteiger partial charge in [0.15, 0.2) is 5.82 Å². The first-order valence-corrected chi connectivity index (χ1v) is 8.99. The molecule has 1 saturated carbocycles. The van der Waals surface area contributed by atoms with Crippen LogP contribution in [0, 0.1) is 12.3 Å². The fourth-order valence-corrected chi connectivity index (χ4v) is 4.78. The van der Waals surface area contributed by atoms with Gasteiger partial charge >= 0.3 is 6.01 Å². The normalized spacial score (nSPS) is 25.0. The number of piperidine rings is 1. The predicted octanol–water partition coefficient (Wildman–Crippen LogP) is 1.88. The predicted molar refractivity (Wildman–Crippen MR) is 88.8 cm³/mol. The number of aromatic nitrogens is 4. The van der Waals surface area contributed by atoms with Gasteiger partial charge < -0.3 is 14.3 Å². The minimum absolute atomic E-state index is 0.506. The van der Waals surface area contributed by atoms with Crippen LogP contribution in [0.4, 0.5) is 6.01 Å². The third-order valence-corrected chi connectivity index (χ3v) is 6.09. The summed E-state index contributed by atoms with van der Waals surface area (Å²) in [6.07, 6.45) is 9.07. The van der Waals surface area contributed by atoms with Crippen LogP contribution < -0.4 is 4.90 Å². The van der Waals surface area contributed by atoms with E-state index in [-0.39, 0.29) is 0 Å². The van der Waals surface area contributed by atoms with E-state index < -0.39 is 0 Å². The van der Waals surface area contributed by atoms with Gasteiger partial charge in [-0.05, 0) is 38.7 Å². The molecule has 2 aliphatic heterocycles. The first-order chi connectivity index (χ1) is 11.7. The Kier molecular flexibility index (Phi) is 3.20. The highest BCUT2D eigenvalue weighted by Gasteiger charge is 2.55. The van der Waals surface area contributed by atoms with Crippen molar-refractivity contribution in [2.75, 3.05) is 31.1 Å². The lowest BCUT2D eigenvalue weighted by atomic mass is 9.60. The molecule has 3 aliphatic rings. The Morgan fingerprint density at radius 1 is 1.17 bits per heavy atom. The van der Waals surface area contributed by atoms with Crippen LogP contribution in [0.1, 0.15) is 37.5 Å². The van der Waals surface area contributed by atoms with Gasteiger partial charge in [-0.1, -0.05) is 5.16 Å². The first-order valence-electron chi connectivity index (χ1n) is 8.99. The second-order valence-electron chi connectivity index (χ2n) is 7.80. The standard InChI is InChI=1S/C17H24N6O/c1-13-19-16(24-20-13)22-11-17(12-22)9-15(10-17)21-7-3-14(4-8-21)23-6-2-5-18-23/h2,5-6,14-15H,3-4,7-12H2,1H3. The molecule has 4 heterocycles. The Balaban J connectivity index is 1.11. The molecule has 7 nitrogen and oxygen atoms in total. The molecule has 0 N–H and O–H groups in total. The Labute approximate surface area is 141 Å². The molecule has 0 amide bonds. The first kappa shape index (κ1) is 14.5. The molecule has 0 bridgehead atoms. The summed E-state index contributed by atoms with van der Waals surface area (Å²) >= 11 is 0. The quantitative estimate of drug-likeness (QED) is 0.857. The smallest absolute Gasteiger partial charge is 0.323 e. The van der Waals surface area contributed by atoms with Crippen LogP contribution >= 0.6 is 0 Å². The number of anilines is 1. The van der Waals surface area contributed by atoms with E-state index >= 15 is 0 Å². The van der Waals surface area contributed by atoms with Gasteiger partial charge in [-0.25, -0.2) is 0 Å². The molecule has 1 aliphatic carbocycles. The zero-order valence-corrected chi connectivity index (χ0v) is 14.1. The highest BCUT2D eigenvalue weighted by atomic mass is 16.5. The minimum atomic E-state index is 0.506. The maximum atomic E-state index is 5.27. The molecular formula is C17H24N6O. The molecule has 1 spiro atoms. The third-order valence-electron chi connectivity index (χ3n) is 6.09. The number of nitrogens with zero attached hydrogens (tertiary/aromatic N) is 6. The van der Waals surface area contributed by atoms with Crippen LogP contribution in [0.2, 0.25) is 0 Å². The van der Waals surface area contributed by atoms with Crippen LogP contribution in [0.5, 0.6) is 0 Å². The molecule has 0 radical (unpaired) electrons. The van der Waals surface area contributed by atoms with Crippen molar-refractivity contribution in [2.24, 2.45) is 5.41 Å². The molecule has 2 aromatic rings. The largest absolute Gasteiger partial charge is 0.324 e. The highest BCUT2D eigenvalue weighted by molar-refractivity contribution is 5.35. The summed E-state index contributed by atoms with van der Waals surface area (Å²) < 4.78 is 7.40. The van der Waals surface area contributed by atoms with E-state index in [1.54, 1.807) is 0 Å². The zero-order valence-electron chi connectivity index (χ0n) is 14.1. The molecular weight excluding hydrogens is 304 g/mol. The summed E-state index contributed by atoms with van der Waals surface area (Å²) in [7, 11) is 0. The molecule has 7 heteroatoms. The lowest BCUT2D eigenvalue weighted by Crippen LogP contribution is -2.67. The molecule has 2 saturated heterocycles. The molecule has 24 heavy (non-hydrogen) atoms. The molecule has 128 valence electrons. The summed E-state index contributed by atoms with van der Waals surface area (Å²) in [6, 6.07) is 4.08. The van der Waals surface area contributed by atoms with Gasteiger partial charge in [0.1, 0.15) is 0 Å². The Bertz CT molecular complexity index is 688. The van der Waals surface area contributed by atoms with Crippen molar-refractivity contribution < 1.29 is 4.52 Å². The fourth-order valence-electron chi connectivity index (χ4n) is 4.78. The van der Waals surface area contributed by atoms with E-state index in [4.69, 9.17) is 4.52 Å².